The van der Waals surface area contributed by atoms with Crippen molar-refractivity contribution in [2.75, 3.05) is 11.9 Å². The average Bonchev–Trinajstić information content (AvgIpc) is 3.29. The molecule has 2 N–H and O–H groups in total. The van der Waals surface area contributed by atoms with Crippen LogP contribution in [0.3, 0.4) is 0 Å². The average molecular weight is 499 g/mol. The van der Waals surface area contributed by atoms with Crippen molar-refractivity contribution in [1.29, 1.82) is 0 Å². The van der Waals surface area contributed by atoms with Crippen LogP contribution < -0.4 is 10.7 Å². The molecule has 0 saturated carbocycles. The van der Waals surface area contributed by atoms with Gasteiger partial charge in [-0.25, -0.2) is 13.8 Å². The summed E-state index contributed by atoms with van der Waals surface area (Å²) < 4.78 is 27.6. The molecule has 0 spiro atoms. The highest BCUT2D eigenvalue weighted by Gasteiger charge is 2.24. The summed E-state index contributed by atoms with van der Waals surface area (Å²) in [4.78, 5) is 25.1. The summed E-state index contributed by atoms with van der Waals surface area (Å²) >= 11 is 1.21. The van der Waals surface area contributed by atoms with Crippen LogP contribution in [0.15, 0.2) is 76.0 Å². The third-order valence-corrected chi connectivity index (χ3v) is 7.59. The lowest BCUT2D eigenvalue weighted by atomic mass is 10.2. The molecule has 10 heteroatoms. The van der Waals surface area contributed by atoms with Gasteiger partial charge in [0.15, 0.2) is 0 Å². The Morgan fingerprint density at radius 1 is 0.971 bits per heavy atom. The Labute approximate surface area is 203 Å². The molecule has 0 aliphatic rings. The first-order valence-corrected chi connectivity index (χ1v) is 12.9. The zero-order valence-corrected chi connectivity index (χ0v) is 20.7. The number of carbonyl (C=O) groups excluding carboxylic acids is 2. The summed E-state index contributed by atoms with van der Waals surface area (Å²) in [5.41, 5.74) is 4.57. The van der Waals surface area contributed by atoms with E-state index in [4.69, 9.17) is 0 Å². The number of rotatable bonds is 9. The summed E-state index contributed by atoms with van der Waals surface area (Å²) in [6, 6.07) is 16.7. The van der Waals surface area contributed by atoms with Gasteiger partial charge in [-0.05, 0) is 55.1 Å². The van der Waals surface area contributed by atoms with Gasteiger partial charge in [0.2, 0.25) is 10.0 Å². The zero-order chi connectivity index (χ0) is 24.7. The monoisotopic (exact) mass is 498 g/mol. The van der Waals surface area contributed by atoms with E-state index in [0.717, 1.165) is 5.56 Å². The first-order chi connectivity index (χ1) is 16.2. The van der Waals surface area contributed by atoms with Gasteiger partial charge < -0.3 is 5.32 Å². The fourth-order valence-corrected chi connectivity index (χ4v) is 5.28. The maximum atomic E-state index is 13.1. The Hall–Kier alpha value is -3.34. The van der Waals surface area contributed by atoms with Crippen molar-refractivity contribution in [3.63, 3.8) is 0 Å². The maximum Gasteiger partial charge on any atom is 0.274 e. The summed E-state index contributed by atoms with van der Waals surface area (Å²) in [6.07, 6.45) is 0. The first kappa shape index (κ1) is 25.3. The number of hydrazone groups is 1. The predicted molar refractivity (Wildman–Crippen MR) is 135 cm³/mol. The maximum absolute atomic E-state index is 13.1. The second-order valence-electron chi connectivity index (χ2n) is 7.56. The lowest BCUT2D eigenvalue weighted by Crippen LogP contribution is -2.30. The van der Waals surface area contributed by atoms with Gasteiger partial charge in [0.25, 0.3) is 11.8 Å². The molecule has 3 rings (SSSR count). The van der Waals surface area contributed by atoms with E-state index in [2.05, 4.69) is 15.8 Å². The molecule has 0 bridgehead atoms. The lowest BCUT2D eigenvalue weighted by molar-refractivity contribution is 0.0956. The van der Waals surface area contributed by atoms with Gasteiger partial charge in [-0.2, -0.15) is 9.41 Å². The molecule has 178 valence electrons. The Balaban J connectivity index is 1.73. The van der Waals surface area contributed by atoms with Gasteiger partial charge in [-0.1, -0.05) is 37.3 Å². The number of nitrogens with zero attached hydrogens (tertiary/aromatic N) is 2. The smallest absolute Gasteiger partial charge is 0.274 e. The highest BCUT2D eigenvalue weighted by molar-refractivity contribution is 7.89. The van der Waals surface area contributed by atoms with Crippen LogP contribution in [0, 0.1) is 0 Å². The molecular weight excluding hydrogens is 472 g/mol. The molecule has 1 aromatic heterocycles. The van der Waals surface area contributed by atoms with E-state index in [1.807, 2.05) is 30.3 Å². The van der Waals surface area contributed by atoms with Crippen LogP contribution in [0.4, 0.5) is 5.00 Å². The topological polar surface area (TPSA) is 108 Å². The lowest BCUT2D eigenvalue weighted by Gasteiger charge is -2.20. The number of benzene rings is 2. The molecule has 8 nitrogen and oxygen atoms in total. The second kappa shape index (κ2) is 11.2. The van der Waals surface area contributed by atoms with Crippen LogP contribution in [-0.2, 0) is 16.6 Å². The van der Waals surface area contributed by atoms with Crippen molar-refractivity contribution < 1.29 is 18.0 Å². The standard InChI is InChI=1S/C24H26N4O4S2/c1-4-28(16-18-8-6-5-7-9-18)34(31,32)20-12-10-19(11-13-20)22(29)25-24-21(14-15-33-24)23(30)27-26-17(2)3/h5-15H,4,16H2,1-3H3,(H,25,29)(H,27,30). The highest BCUT2D eigenvalue weighted by Crippen LogP contribution is 2.25. The summed E-state index contributed by atoms with van der Waals surface area (Å²) in [5, 5.41) is 8.67. The van der Waals surface area contributed by atoms with Gasteiger partial charge in [0.1, 0.15) is 5.00 Å². The largest absolute Gasteiger partial charge is 0.313 e. The number of hydrogen-bond acceptors (Lipinski definition) is 6. The van der Waals surface area contributed by atoms with Crippen molar-refractivity contribution in [2.24, 2.45) is 5.10 Å². The minimum Gasteiger partial charge on any atom is -0.313 e. The fourth-order valence-electron chi connectivity index (χ4n) is 3.06. The Morgan fingerprint density at radius 2 is 1.65 bits per heavy atom. The molecule has 2 aromatic carbocycles. The quantitative estimate of drug-likeness (QED) is 0.338. The minimum absolute atomic E-state index is 0.103. The van der Waals surface area contributed by atoms with Crippen molar-refractivity contribution in [2.45, 2.75) is 32.2 Å². The van der Waals surface area contributed by atoms with Crippen molar-refractivity contribution >= 4 is 43.9 Å². The molecule has 0 aliphatic heterocycles. The number of carbonyl (C=O) groups is 2. The van der Waals surface area contributed by atoms with Crippen LogP contribution >= 0.6 is 11.3 Å². The molecule has 0 atom stereocenters. The molecule has 3 aromatic rings. The summed E-state index contributed by atoms with van der Waals surface area (Å²) in [5.74, 6) is -0.885. The van der Waals surface area contributed by atoms with Gasteiger partial charge in [-0.15, -0.1) is 11.3 Å². The van der Waals surface area contributed by atoms with Crippen molar-refractivity contribution in [3.05, 3.63) is 82.7 Å². The van der Waals surface area contributed by atoms with Crippen LogP contribution in [0.5, 0.6) is 0 Å². The first-order valence-electron chi connectivity index (χ1n) is 10.6. The van der Waals surface area contributed by atoms with Crippen LogP contribution in [0.2, 0.25) is 0 Å². The molecule has 0 fully saturated rings. The fraction of sp³-hybridized carbons (Fsp3) is 0.208. The van der Waals surface area contributed by atoms with E-state index >= 15 is 0 Å². The van der Waals surface area contributed by atoms with Gasteiger partial charge in [0, 0.05) is 24.4 Å². The molecular formula is C24H26N4O4S2. The number of nitrogens with one attached hydrogen (secondary N) is 2. The zero-order valence-electron chi connectivity index (χ0n) is 19.1. The molecule has 0 radical (unpaired) electrons. The molecule has 1 heterocycles. The molecule has 2 amide bonds. The predicted octanol–water partition coefficient (Wildman–Crippen LogP) is 4.34. The third-order valence-electron chi connectivity index (χ3n) is 4.83. The Kier molecular flexibility index (Phi) is 8.32. The van der Waals surface area contributed by atoms with Crippen molar-refractivity contribution in [3.8, 4) is 0 Å². The number of thiophene rings is 1. The number of hydrogen-bond donors (Lipinski definition) is 2. The third kappa shape index (κ3) is 6.16. The normalized spacial score (nSPS) is 11.2. The van der Waals surface area contributed by atoms with E-state index in [9.17, 15) is 18.0 Å². The van der Waals surface area contributed by atoms with E-state index in [1.54, 1.807) is 32.2 Å². The van der Waals surface area contributed by atoms with Crippen LogP contribution in [-0.4, -0.2) is 36.8 Å². The Morgan fingerprint density at radius 3 is 2.26 bits per heavy atom. The van der Waals surface area contributed by atoms with Gasteiger partial charge >= 0.3 is 0 Å². The van der Waals surface area contributed by atoms with Crippen LogP contribution in [0.25, 0.3) is 0 Å². The van der Waals surface area contributed by atoms with Gasteiger partial charge in [0.05, 0.1) is 10.5 Å². The summed E-state index contributed by atoms with van der Waals surface area (Å²) in [6.45, 7) is 5.85. The van der Waals surface area contributed by atoms with E-state index in [1.165, 1.54) is 39.9 Å². The SMILES string of the molecule is CCN(Cc1ccccc1)S(=O)(=O)c1ccc(C(=O)Nc2sccc2C(=O)NN=C(C)C)cc1. The molecule has 0 saturated heterocycles. The summed E-state index contributed by atoms with van der Waals surface area (Å²) in [7, 11) is -3.73. The van der Waals surface area contributed by atoms with Gasteiger partial charge in [-0.3, -0.25) is 9.59 Å². The van der Waals surface area contributed by atoms with E-state index in [-0.39, 0.29) is 17.0 Å². The molecule has 0 unspecified atom stereocenters. The van der Waals surface area contributed by atoms with E-state index in [0.29, 0.717) is 22.8 Å². The number of sulfonamides is 1. The van der Waals surface area contributed by atoms with Crippen molar-refractivity contribution in [1.82, 2.24) is 9.73 Å². The number of amides is 2. The van der Waals surface area contributed by atoms with Crippen LogP contribution in [0.1, 0.15) is 47.1 Å². The van der Waals surface area contributed by atoms with E-state index < -0.39 is 21.8 Å². The molecule has 0 aliphatic carbocycles. The second-order valence-corrected chi connectivity index (χ2v) is 10.4. The minimum atomic E-state index is -3.73. The molecule has 34 heavy (non-hydrogen) atoms. The highest BCUT2D eigenvalue weighted by atomic mass is 32.2. The number of anilines is 1. The Bertz CT molecular complexity index is 1280.